The van der Waals surface area contributed by atoms with Crippen molar-refractivity contribution in [2.75, 3.05) is 6.54 Å². The Morgan fingerprint density at radius 2 is 2.17 bits per heavy atom. The van der Waals surface area contributed by atoms with Gasteiger partial charge in [0.25, 0.3) is 5.91 Å². The van der Waals surface area contributed by atoms with E-state index in [0.717, 1.165) is 13.0 Å². The molecule has 0 aliphatic heterocycles. The summed E-state index contributed by atoms with van der Waals surface area (Å²) in [6.07, 6.45) is 0.944. The van der Waals surface area contributed by atoms with Crippen LogP contribution in [0.2, 0.25) is 0 Å². The van der Waals surface area contributed by atoms with Crippen molar-refractivity contribution in [1.82, 2.24) is 16.2 Å². The monoisotopic (exact) mass is 285 g/mol. The molecule has 0 saturated heterocycles. The summed E-state index contributed by atoms with van der Waals surface area (Å²) in [6.45, 7) is 7.02. The second-order valence-corrected chi connectivity index (χ2v) is 5.74. The van der Waals surface area contributed by atoms with E-state index in [0.29, 0.717) is 16.6 Å². The van der Waals surface area contributed by atoms with Crippen LogP contribution < -0.4 is 16.2 Å². The van der Waals surface area contributed by atoms with Crippen LogP contribution in [0.15, 0.2) is 11.4 Å². The van der Waals surface area contributed by atoms with E-state index < -0.39 is 0 Å². The summed E-state index contributed by atoms with van der Waals surface area (Å²) in [5.41, 5.74) is 5.93. The van der Waals surface area contributed by atoms with Crippen molar-refractivity contribution in [3.05, 3.63) is 21.9 Å². The SMILES string of the molecule is CCc1cc(C(=O)NNC(=S)NCC(C)C)cs1. The number of rotatable bonds is 4. The van der Waals surface area contributed by atoms with Crippen LogP contribution in [0.5, 0.6) is 0 Å². The third-order valence-electron chi connectivity index (χ3n) is 2.22. The number of amides is 1. The average molecular weight is 285 g/mol. The number of nitrogens with one attached hydrogen (secondary N) is 3. The fourth-order valence-corrected chi connectivity index (χ4v) is 2.16. The molecular formula is C12H19N3OS2. The fraction of sp³-hybridized carbons (Fsp3) is 0.500. The first kappa shape index (κ1) is 14.9. The highest BCUT2D eigenvalue weighted by atomic mass is 32.1. The maximum absolute atomic E-state index is 11.8. The van der Waals surface area contributed by atoms with Crippen molar-refractivity contribution in [1.29, 1.82) is 0 Å². The Morgan fingerprint density at radius 1 is 1.44 bits per heavy atom. The maximum atomic E-state index is 11.8. The molecule has 0 bridgehead atoms. The summed E-state index contributed by atoms with van der Waals surface area (Å²) in [7, 11) is 0. The van der Waals surface area contributed by atoms with Gasteiger partial charge in [0, 0.05) is 16.8 Å². The Kier molecular flexibility index (Phi) is 6.07. The highest BCUT2D eigenvalue weighted by molar-refractivity contribution is 7.80. The number of hydrazine groups is 1. The molecule has 0 radical (unpaired) electrons. The van der Waals surface area contributed by atoms with Gasteiger partial charge >= 0.3 is 0 Å². The van der Waals surface area contributed by atoms with Crippen LogP contribution in [0.25, 0.3) is 0 Å². The molecule has 18 heavy (non-hydrogen) atoms. The predicted octanol–water partition coefficient (Wildman–Crippen LogP) is 2.08. The molecule has 1 aromatic rings. The van der Waals surface area contributed by atoms with Crippen molar-refractivity contribution in [2.24, 2.45) is 5.92 Å². The maximum Gasteiger partial charge on any atom is 0.270 e. The third-order valence-corrected chi connectivity index (χ3v) is 3.55. The standard InChI is InChI=1S/C12H19N3OS2/c1-4-10-5-9(7-18-10)11(16)14-15-12(17)13-6-8(2)3/h5,7-8H,4,6H2,1-3H3,(H,14,16)(H2,13,15,17). The molecule has 6 heteroatoms. The van der Waals surface area contributed by atoms with Gasteiger partial charge in [-0.25, -0.2) is 0 Å². The minimum atomic E-state index is -0.167. The summed E-state index contributed by atoms with van der Waals surface area (Å²) in [5, 5.41) is 5.29. The molecule has 1 rings (SSSR count). The zero-order valence-corrected chi connectivity index (χ0v) is 12.5. The largest absolute Gasteiger partial charge is 0.361 e. The van der Waals surface area contributed by atoms with E-state index in [2.05, 4.69) is 36.9 Å². The summed E-state index contributed by atoms with van der Waals surface area (Å²) < 4.78 is 0. The van der Waals surface area contributed by atoms with Gasteiger partial charge in [-0.1, -0.05) is 20.8 Å². The van der Waals surface area contributed by atoms with Gasteiger partial charge in [0.2, 0.25) is 0 Å². The summed E-state index contributed by atoms with van der Waals surface area (Å²) in [6, 6.07) is 1.90. The zero-order valence-electron chi connectivity index (χ0n) is 10.9. The molecular weight excluding hydrogens is 266 g/mol. The molecule has 0 aliphatic carbocycles. The summed E-state index contributed by atoms with van der Waals surface area (Å²) >= 11 is 6.62. The van der Waals surface area contributed by atoms with E-state index in [1.54, 1.807) is 11.3 Å². The molecule has 1 amide bonds. The normalized spacial score (nSPS) is 10.2. The first-order chi connectivity index (χ1) is 8.52. The average Bonchev–Trinajstić information content (AvgIpc) is 2.82. The van der Waals surface area contributed by atoms with Crippen molar-refractivity contribution < 1.29 is 4.79 Å². The summed E-state index contributed by atoms with van der Waals surface area (Å²) in [4.78, 5) is 13.0. The van der Waals surface area contributed by atoms with Crippen LogP contribution in [-0.2, 0) is 6.42 Å². The number of carbonyl (C=O) groups is 1. The van der Waals surface area contributed by atoms with Crippen LogP contribution in [0.4, 0.5) is 0 Å². The lowest BCUT2D eigenvalue weighted by atomic mass is 10.2. The van der Waals surface area contributed by atoms with Crippen LogP contribution in [0.1, 0.15) is 36.0 Å². The van der Waals surface area contributed by atoms with E-state index in [9.17, 15) is 4.79 Å². The number of thiophene rings is 1. The number of carbonyl (C=O) groups excluding carboxylic acids is 1. The van der Waals surface area contributed by atoms with Crippen LogP contribution in [-0.4, -0.2) is 17.6 Å². The molecule has 0 unspecified atom stereocenters. The molecule has 0 aliphatic rings. The van der Waals surface area contributed by atoms with Gasteiger partial charge in [-0.05, 0) is 30.6 Å². The third kappa shape index (κ3) is 5.01. The van der Waals surface area contributed by atoms with E-state index >= 15 is 0 Å². The zero-order chi connectivity index (χ0) is 13.5. The lowest BCUT2D eigenvalue weighted by Gasteiger charge is -2.12. The van der Waals surface area contributed by atoms with E-state index in [-0.39, 0.29) is 5.91 Å². The molecule has 1 aromatic heterocycles. The van der Waals surface area contributed by atoms with Gasteiger partial charge in [0.15, 0.2) is 5.11 Å². The lowest BCUT2D eigenvalue weighted by molar-refractivity contribution is 0.0944. The molecule has 0 saturated carbocycles. The number of hydrogen-bond acceptors (Lipinski definition) is 3. The Bertz CT molecular complexity index is 415. The van der Waals surface area contributed by atoms with Crippen LogP contribution in [0.3, 0.4) is 0 Å². The van der Waals surface area contributed by atoms with Gasteiger partial charge in [-0.3, -0.25) is 15.6 Å². The minimum Gasteiger partial charge on any atom is -0.361 e. The molecule has 0 aromatic carbocycles. The fourth-order valence-electron chi connectivity index (χ4n) is 1.21. The predicted molar refractivity (Wildman–Crippen MR) is 79.7 cm³/mol. The molecule has 0 atom stereocenters. The van der Waals surface area contributed by atoms with E-state index in [1.807, 2.05) is 11.4 Å². The number of aryl methyl sites for hydroxylation is 1. The minimum absolute atomic E-state index is 0.167. The van der Waals surface area contributed by atoms with E-state index in [1.165, 1.54) is 4.88 Å². The second kappa shape index (κ2) is 7.33. The Labute approximate surface area is 117 Å². The van der Waals surface area contributed by atoms with Gasteiger partial charge in [-0.15, -0.1) is 11.3 Å². The summed E-state index contributed by atoms with van der Waals surface area (Å²) in [5.74, 6) is 0.337. The highest BCUT2D eigenvalue weighted by Gasteiger charge is 2.08. The van der Waals surface area contributed by atoms with Gasteiger partial charge < -0.3 is 5.32 Å². The second-order valence-electron chi connectivity index (χ2n) is 4.34. The molecule has 1 heterocycles. The Hall–Kier alpha value is -1.14. The molecule has 0 spiro atoms. The first-order valence-corrected chi connectivity index (χ1v) is 7.23. The molecule has 100 valence electrons. The van der Waals surface area contributed by atoms with Crippen LogP contribution >= 0.6 is 23.6 Å². The first-order valence-electron chi connectivity index (χ1n) is 5.94. The number of hydrogen-bond donors (Lipinski definition) is 3. The molecule has 3 N–H and O–H groups in total. The highest BCUT2D eigenvalue weighted by Crippen LogP contribution is 2.14. The van der Waals surface area contributed by atoms with Crippen molar-refractivity contribution >= 4 is 34.6 Å². The van der Waals surface area contributed by atoms with Crippen molar-refractivity contribution in [3.63, 3.8) is 0 Å². The van der Waals surface area contributed by atoms with Crippen molar-refractivity contribution in [2.45, 2.75) is 27.2 Å². The Morgan fingerprint density at radius 3 is 2.72 bits per heavy atom. The topological polar surface area (TPSA) is 53.2 Å². The smallest absolute Gasteiger partial charge is 0.270 e. The van der Waals surface area contributed by atoms with Crippen LogP contribution in [0, 0.1) is 5.92 Å². The number of thiocarbonyl (C=S) groups is 1. The van der Waals surface area contributed by atoms with Gasteiger partial charge in [0.05, 0.1) is 5.56 Å². The van der Waals surface area contributed by atoms with Gasteiger partial charge in [-0.2, -0.15) is 0 Å². The van der Waals surface area contributed by atoms with Crippen molar-refractivity contribution in [3.8, 4) is 0 Å². The van der Waals surface area contributed by atoms with Gasteiger partial charge in [0.1, 0.15) is 0 Å². The lowest BCUT2D eigenvalue weighted by Crippen LogP contribution is -2.47. The Balaban J connectivity index is 2.34. The quantitative estimate of drug-likeness (QED) is 0.585. The molecule has 4 nitrogen and oxygen atoms in total. The van der Waals surface area contributed by atoms with E-state index in [4.69, 9.17) is 12.2 Å². The molecule has 0 fully saturated rings.